The van der Waals surface area contributed by atoms with Crippen molar-refractivity contribution < 1.29 is 29.3 Å². The third kappa shape index (κ3) is 1.91. The number of carbonyl (C=O) groups is 3. The Hall–Kier alpha value is -1.74. The van der Waals surface area contributed by atoms with Crippen LogP contribution in [0.4, 0.5) is 0 Å². The molecule has 2 aliphatic rings. The third-order valence-electron chi connectivity index (χ3n) is 2.44. The summed E-state index contributed by atoms with van der Waals surface area (Å²) >= 11 is 1.25. The summed E-state index contributed by atoms with van der Waals surface area (Å²) in [4.78, 5) is 43.2. The van der Waals surface area contributed by atoms with Gasteiger partial charge in [0.05, 0.1) is 5.75 Å². The van der Waals surface area contributed by atoms with E-state index < -0.39 is 29.3 Å². The molecule has 2 rings (SSSR count). The minimum atomic E-state index is -1.33. The lowest BCUT2D eigenvalue weighted by atomic mass is 10.1. The number of thioether (sulfide) groups is 1. The first-order valence-corrected chi connectivity index (χ1v) is 6.00. The van der Waals surface area contributed by atoms with E-state index in [9.17, 15) is 14.4 Å². The summed E-state index contributed by atoms with van der Waals surface area (Å²) in [6, 6.07) is -0.709. The summed E-state index contributed by atoms with van der Waals surface area (Å²) in [6.45, 7) is 1.12. The predicted molar refractivity (Wildman–Crippen MR) is 58.6 cm³/mol. The average molecular weight is 274 g/mol. The van der Waals surface area contributed by atoms with E-state index in [1.807, 2.05) is 0 Å². The molecule has 0 bridgehead atoms. The maximum Gasteiger partial charge on any atom is 0.356 e. The highest BCUT2D eigenvalue weighted by Gasteiger charge is 2.52. The number of aliphatic carboxylic acids is 1. The van der Waals surface area contributed by atoms with Crippen molar-refractivity contribution in [2.45, 2.75) is 18.3 Å². The maximum atomic E-state index is 11.5. The molecule has 0 radical (unpaired) electrons. The van der Waals surface area contributed by atoms with E-state index in [4.69, 9.17) is 10.8 Å². The molecule has 2 aliphatic heterocycles. The summed E-state index contributed by atoms with van der Waals surface area (Å²) < 4.78 is 0. The van der Waals surface area contributed by atoms with Crippen LogP contribution in [0.1, 0.15) is 6.92 Å². The monoisotopic (exact) mass is 274 g/mol. The fraction of sp³-hybridized carbons (Fsp3) is 0.444. The zero-order valence-electron chi connectivity index (χ0n) is 9.28. The highest BCUT2D eigenvalue weighted by atomic mass is 32.2. The van der Waals surface area contributed by atoms with Gasteiger partial charge >= 0.3 is 11.9 Å². The molecule has 9 heteroatoms. The number of carboxylic acid groups (broad SMARTS) is 1. The quantitative estimate of drug-likeness (QED) is 0.383. The first kappa shape index (κ1) is 12.7. The molecule has 0 spiro atoms. The summed E-state index contributed by atoms with van der Waals surface area (Å²) in [5.74, 6) is -2.46. The van der Waals surface area contributed by atoms with Gasteiger partial charge in [-0.15, -0.1) is 11.8 Å². The Morgan fingerprint density at radius 2 is 2.22 bits per heavy atom. The van der Waals surface area contributed by atoms with E-state index >= 15 is 0 Å². The second kappa shape index (κ2) is 4.50. The Labute approximate surface area is 106 Å². The molecule has 18 heavy (non-hydrogen) atoms. The number of fused-ring (bicyclic) bond motifs is 1. The van der Waals surface area contributed by atoms with Gasteiger partial charge in [0.1, 0.15) is 11.4 Å². The van der Waals surface area contributed by atoms with E-state index in [-0.39, 0.29) is 17.2 Å². The van der Waals surface area contributed by atoms with E-state index in [1.165, 1.54) is 11.8 Å². The van der Waals surface area contributed by atoms with E-state index in [2.05, 4.69) is 9.78 Å². The molecule has 0 aromatic carbocycles. The maximum absolute atomic E-state index is 11.5. The van der Waals surface area contributed by atoms with Gasteiger partial charge in [-0.2, -0.15) is 0 Å². The topological polar surface area (TPSA) is 119 Å². The number of hydrogen-bond acceptors (Lipinski definition) is 7. The van der Waals surface area contributed by atoms with Crippen LogP contribution in [0.2, 0.25) is 0 Å². The Morgan fingerprint density at radius 1 is 1.56 bits per heavy atom. The second-order valence-corrected chi connectivity index (χ2v) is 4.78. The van der Waals surface area contributed by atoms with Crippen molar-refractivity contribution in [2.24, 2.45) is 5.73 Å². The molecule has 1 amide bonds. The Morgan fingerprint density at radius 3 is 2.78 bits per heavy atom. The molecule has 98 valence electrons. The molecule has 0 saturated carbocycles. The van der Waals surface area contributed by atoms with Gasteiger partial charge in [-0.25, -0.2) is 9.59 Å². The number of hydrogen-bond donors (Lipinski definition) is 2. The molecule has 8 nitrogen and oxygen atoms in total. The molecule has 1 fully saturated rings. The van der Waals surface area contributed by atoms with Gasteiger partial charge in [0.15, 0.2) is 11.5 Å². The van der Waals surface area contributed by atoms with Crippen LogP contribution in [0.5, 0.6) is 0 Å². The molecule has 3 N–H and O–H groups in total. The standard InChI is InChI=1S/C9H10N2O6S/c1-3(12)16-17-4-2-18-8-5(10)7(13)11(8)6(4)9(14)15/h5,8H,2,10H2,1H3,(H,14,15)/t5-,8-/m1/s1. The smallest absolute Gasteiger partial charge is 0.356 e. The van der Waals surface area contributed by atoms with Gasteiger partial charge in [-0.1, -0.05) is 0 Å². The Kier molecular flexibility index (Phi) is 3.18. The summed E-state index contributed by atoms with van der Waals surface area (Å²) in [7, 11) is 0. The van der Waals surface area contributed by atoms with Crippen molar-refractivity contribution in [2.75, 3.05) is 5.75 Å². The predicted octanol–water partition coefficient (Wildman–Crippen LogP) is -0.980. The SMILES string of the molecule is CC(=O)OOC1=C(C(=O)O)N2C(=O)[C@@H](N)[C@H]2SC1. The largest absolute Gasteiger partial charge is 0.476 e. The minimum absolute atomic E-state index is 0.0841. The Bertz CT molecular complexity index is 462. The van der Waals surface area contributed by atoms with Gasteiger partial charge in [0.25, 0.3) is 0 Å². The molecule has 0 aliphatic carbocycles. The number of β-lactam (4-membered cyclic amide) rings is 1. The van der Waals surface area contributed by atoms with Gasteiger partial charge in [0.2, 0.25) is 5.91 Å². The second-order valence-electron chi connectivity index (χ2n) is 3.67. The van der Waals surface area contributed by atoms with Crippen molar-refractivity contribution in [1.82, 2.24) is 4.90 Å². The van der Waals surface area contributed by atoms with Gasteiger partial charge in [-0.3, -0.25) is 19.5 Å². The van der Waals surface area contributed by atoms with Crippen LogP contribution in [0.15, 0.2) is 11.5 Å². The lowest BCUT2D eigenvalue weighted by Crippen LogP contribution is -2.68. The zero-order valence-corrected chi connectivity index (χ0v) is 10.1. The lowest BCUT2D eigenvalue weighted by molar-refractivity contribution is -0.246. The fourth-order valence-electron chi connectivity index (χ4n) is 1.66. The van der Waals surface area contributed by atoms with E-state index in [1.54, 1.807) is 0 Å². The van der Waals surface area contributed by atoms with E-state index in [0.717, 1.165) is 11.8 Å². The Balaban J connectivity index is 2.26. The van der Waals surface area contributed by atoms with Crippen LogP contribution in [0.3, 0.4) is 0 Å². The van der Waals surface area contributed by atoms with Crippen LogP contribution in [-0.4, -0.2) is 45.0 Å². The lowest BCUT2D eigenvalue weighted by Gasteiger charge is -2.46. The van der Waals surface area contributed by atoms with Crippen LogP contribution in [0.25, 0.3) is 0 Å². The molecule has 2 heterocycles. The van der Waals surface area contributed by atoms with Gasteiger partial charge in [-0.05, 0) is 0 Å². The molecule has 2 atom stereocenters. The van der Waals surface area contributed by atoms with Crippen LogP contribution in [-0.2, 0) is 24.2 Å². The van der Waals surface area contributed by atoms with Gasteiger partial charge < -0.3 is 10.8 Å². The number of carboxylic acids is 1. The molecule has 1 saturated heterocycles. The number of nitrogens with two attached hydrogens (primary N) is 1. The first-order chi connectivity index (χ1) is 8.43. The molecule has 0 aromatic heterocycles. The number of carbonyl (C=O) groups excluding carboxylic acids is 2. The molecular formula is C9H10N2O6S. The minimum Gasteiger partial charge on any atom is -0.476 e. The summed E-state index contributed by atoms with van der Waals surface area (Å²) in [5, 5.41) is 8.67. The molecular weight excluding hydrogens is 264 g/mol. The van der Waals surface area contributed by atoms with Crippen molar-refractivity contribution >= 4 is 29.6 Å². The third-order valence-corrected chi connectivity index (χ3v) is 3.71. The molecule has 0 unspecified atom stereocenters. The number of nitrogens with zero attached hydrogens (tertiary/aromatic N) is 1. The highest BCUT2D eigenvalue weighted by molar-refractivity contribution is 8.00. The highest BCUT2D eigenvalue weighted by Crippen LogP contribution is 2.39. The number of amides is 1. The van der Waals surface area contributed by atoms with Crippen molar-refractivity contribution in [3.63, 3.8) is 0 Å². The van der Waals surface area contributed by atoms with E-state index in [0.29, 0.717) is 0 Å². The van der Waals surface area contributed by atoms with Gasteiger partial charge in [0, 0.05) is 6.92 Å². The van der Waals surface area contributed by atoms with Crippen molar-refractivity contribution in [3.8, 4) is 0 Å². The summed E-state index contributed by atoms with van der Waals surface area (Å²) in [6.07, 6.45) is 0. The normalized spacial score (nSPS) is 26.3. The van der Waals surface area contributed by atoms with Crippen molar-refractivity contribution in [1.29, 1.82) is 0 Å². The average Bonchev–Trinajstić information content (AvgIpc) is 2.33. The van der Waals surface area contributed by atoms with Crippen molar-refractivity contribution in [3.05, 3.63) is 11.5 Å². The van der Waals surface area contributed by atoms with Crippen LogP contribution >= 0.6 is 11.8 Å². The zero-order chi connectivity index (χ0) is 13.4. The number of rotatable bonds is 3. The van der Waals surface area contributed by atoms with Crippen LogP contribution < -0.4 is 5.73 Å². The fourth-order valence-corrected chi connectivity index (χ4v) is 2.85. The first-order valence-electron chi connectivity index (χ1n) is 4.95. The van der Waals surface area contributed by atoms with Crippen LogP contribution in [0, 0.1) is 0 Å². The summed E-state index contributed by atoms with van der Waals surface area (Å²) in [5.41, 5.74) is 5.23. The molecule has 0 aromatic rings.